The van der Waals surface area contributed by atoms with Crippen LogP contribution >= 0.6 is 0 Å². The third-order valence-electron chi connectivity index (χ3n) is 3.23. The zero-order valence-electron chi connectivity index (χ0n) is 9.82. The minimum Gasteiger partial charge on any atom is -0.271 e. The molecule has 0 aromatic carbocycles. The number of hydrogen-bond donors (Lipinski definition) is 2. The normalized spacial score (nSPS) is 17.6. The van der Waals surface area contributed by atoms with Gasteiger partial charge in [0.1, 0.15) is 5.82 Å². The van der Waals surface area contributed by atoms with Crippen molar-refractivity contribution in [3.8, 4) is 0 Å². The summed E-state index contributed by atoms with van der Waals surface area (Å²) in [4.78, 5) is 3.75. The average molecular weight is 235 g/mol. The molecule has 0 radical (unpaired) electrons. The Morgan fingerprint density at radius 2 is 2.35 bits per heavy atom. The number of nitrogens with one attached hydrogen (secondary N) is 1. The van der Waals surface area contributed by atoms with Crippen LogP contribution in [0, 0.1) is 5.82 Å². The number of aromatic nitrogens is 1. The van der Waals surface area contributed by atoms with Gasteiger partial charge in [0.2, 0.25) is 0 Å². The van der Waals surface area contributed by atoms with Gasteiger partial charge in [-0.1, -0.05) is 11.6 Å². The molecule has 0 aliphatic heterocycles. The lowest BCUT2D eigenvalue weighted by Crippen LogP contribution is -2.29. The lowest BCUT2D eigenvalue weighted by atomic mass is 9.92. The summed E-state index contributed by atoms with van der Waals surface area (Å²) in [7, 11) is 0. The number of pyridine rings is 1. The Hall–Kier alpha value is -1.26. The molecule has 17 heavy (non-hydrogen) atoms. The highest BCUT2D eigenvalue weighted by Crippen LogP contribution is 2.27. The summed E-state index contributed by atoms with van der Waals surface area (Å²) in [6.07, 6.45) is 10.6. The molecule has 0 saturated heterocycles. The fourth-order valence-corrected chi connectivity index (χ4v) is 2.28. The highest BCUT2D eigenvalue weighted by atomic mass is 19.1. The van der Waals surface area contributed by atoms with Crippen LogP contribution < -0.4 is 11.3 Å². The van der Waals surface area contributed by atoms with Gasteiger partial charge in [0.25, 0.3) is 0 Å². The Morgan fingerprint density at radius 3 is 3.00 bits per heavy atom. The first-order valence-corrected chi connectivity index (χ1v) is 6.04. The van der Waals surface area contributed by atoms with Crippen molar-refractivity contribution in [1.29, 1.82) is 0 Å². The van der Waals surface area contributed by atoms with Gasteiger partial charge in [-0.05, 0) is 38.2 Å². The smallest absolute Gasteiger partial charge is 0.146 e. The fourth-order valence-electron chi connectivity index (χ4n) is 2.28. The van der Waals surface area contributed by atoms with Crippen molar-refractivity contribution < 1.29 is 4.39 Å². The zero-order valence-corrected chi connectivity index (χ0v) is 9.82. The van der Waals surface area contributed by atoms with E-state index in [0.29, 0.717) is 5.56 Å². The first-order chi connectivity index (χ1) is 8.31. The molecule has 0 amide bonds. The second-order valence-corrected chi connectivity index (χ2v) is 4.43. The van der Waals surface area contributed by atoms with Gasteiger partial charge in [0, 0.05) is 11.8 Å². The van der Waals surface area contributed by atoms with Crippen molar-refractivity contribution >= 4 is 0 Å². The van der Waals surface area contributed by atoms with Crippen molar-refractivity contribution in [2.75, 3.05) is 0 Å². The minimum atomic E-state index is -0.299. The number of hydrogen-bond acceptors (Lipinski definition) is 3. The Balaban J connectivity index is 2.11. The van der Waals surface area contributed by atoms with E-state index in [1.165, 1.54) is 24.6 Å². The summed E-state index contributed by atoms with van der Waals surface area (Å²) in [6.45, 7) is 0. The molecule has 1 aromatic rings. The van der Waals surface area contributed by atoms with Crippen LogP contribution in [-0.2, 0) is 0 Å². The lowest BCUT2D eigenvalue weighted by molar-refractivity contribution is 0.495. The molecule has 4 heteroatoms. The van der Waals surface area contributed by atoms with Crippen LogP contribution in [0.4, 0.5) is 4.39 Å². The summed E-state index contributed by atoms with van der Waals surface area (Å²) < 4.78 is 13.6. The molecular formula is C13H18FN3. The Morgan fingerprint density at radius 1 is 1.47 bits per heavy atom. The molecule has 3 nitrogen and oxygen atoms in total. The Labute approximate surface area is 101 Å². The Kier molecular flexibility index (Phi) is 4.23. The van der Waals surface area contributed by atoms with Crippen LogP contribution in [0.1, 0.15) is 43.7 Å². The zero-order chi connectivity index (χ0) is 12.1. The van der Waals surface area contributed by atoms with Crippen LogP contribution in [0.2, 0.25) is 0 Å². The maximum absolute atomic E-state index is 13.6. The fraction of sp³-hybridized carbons (Fsp3) is 0.462. The maximum Gasteiger partial charge on any atom is 0.146 e. The largest absolute Gasteiger partial charge is 0.271 e. The van der Waals surface area contributed by atoms with Gasteiger partial charge in [-0.15, -0.1) is 0 Å². The summed E-state index contributed by atoms with van der Waals surface area (Å²) in [6, 6.07) is 1.52. The van der Waals surface area contributed by atoms with E-state index in [2.05, 4.69) is 16.5 Å². The van der Waals surface area contributed by atoms with Gasteiger partial charge >= 0.3 is 0 Å². The van der Waals surface area contributed by atoms with Gasteiger partial charge in [0.05, 0.1) is 12.2 Å². The van der Waals surface area contributed by atoms with E-state index in [0.717, 1.165) is 19.3 Å². The van der Waals surface area contributed by atoms with Crippen LogP contribution in [0.15, 0.2) is 30.1 Å². The molecule has 1 unspecified atom stereocenters. The molecule has 0 fully saturated rings. The van der Waals surface area contributed by atoms with Gasteiger partial charge in [-0.3, -0.25) is 16.3 Å². The summed E-state index contributed by atoms with van der Waals surface area (Å²) >= 11 is 0. The molecule has 1 heterocycles. The number of halogens is 1. The van der Waals surface area contributed by atoms with E-state index >= 15 is 0 Å². The molecule has 1 aliphatic rings. The summed E-state index contributed by atoms with van der Waals surface area (Å²) in [5.41, 5.74) is 4.66. The van der Waals surface area contributed by atoms with Crippen molar-refractivity contribution in [3.05, 3.63) is 41.5 Å². The highest BCUT2D eigenvalue weighted by molar-refractivity contribution is 5.20. The second kappa shape index (κ2) is 5.89. The topological polar surface area (TPSA) is 50.9 Å². The van der Waals surface area contributed by atoms with Gasteiger partial charge in [0.15, 0.2) is 0 Å². The van der Waals surface area contributed by atoms with E-state index in [1.54, 1.807) is 12.3 Å². The van der Waals surface area contributed by atoms with E-state index in [-0.39, 0.29) is 11.9 Å². The van der Waals surface area contributed by atoms with Crippen molar-refractivity contribution in [1.82, 2.24) is 10.4 Å². The number of nitrogens with two attached hydrogens (primary N) is 1. The molecule has 1 aliphatic carbocycles. The molecule has 0 spiro atoms. The van der Waals surface area contributed by atoms with Gasteiger partial charge in [-0.2, -0.15) is 0 Å². The number of nitrogens with zero attached hydrogens (tertiary/aromatic N) is 1. The molecule has 2 rings (SSSR count). The number of allylic oxidation sites excluding steroid dienone is 1. The third-order valence-corrected chi connectivity index (χ3v) is 3.23. The second-order valence-electron chi connectivity index (χ2n) is 4.43. The quantitative estimate of drug-likeness (QED) is 0.479. The number of rotatable bonds is 4. The van der Waals surface area contributed by atoms with Crippen LogP contribution in [0.25, 0.3) is 0 Å². The average Bonchev–Trinajstić information content (AvgIpc) is 2.38. The number of hydrazine groups is 1. The molecule has 1 atom stereocenters. The van der Waals surface area contributed by atoms with Crippen LogP contribution in [0.3, 0.4) is 0 Å². The lowest BCUT2D eigenvalue weighted by Gasteiger charge is -2.20. The molecule has 3 N–H and O–H groups in total. The van der Waals surface area contributed by atoms with Crippen molar-refractivity contribution in [2.45, 2.75) is 38.1 Å². The van der Waals surface area contributed by atoms with Gasteiger partial charge < -0.3 is 0 Å². The van der Waals surface area contributed by atoms with E-state index in [9.17, 15) is 4.39 Å². The third kappa shape index (κ3) is 3.11. The first-order valence-electron chi connectivity index (χ1n) is 6.04. The predicted molar refractivity (Wildman–Crippen MR) is 65.4 cm³/mol. The predicted octanol–water partition coefficient (Wildman–Crippen LogP) is 2.62. The van der Waals surface area contributed by atoms with Gasteiger partial charge in [-0.25, -0.2) is 4.39 Å². The summed E-state index contributed by atoms with van der Waals surface area (Å²) in [5.74, 6) is 5.23. The van der Waals surface area contributed by atoms with Crippen LogP contribution in [-0.4, -0.2) is 4.98 Å². The van der Waals surface area contributed by atoms with E-state index < -0.39 is 0 Å². The molecular weight excluding hydrogens is 217 g/mol. The van der Waals surface area contributed by atoms with Crippen LogP contribution in [0.5, 0.6) is 0 Å². The Bertz CT molecular complexity index is 403. The van der Waals surface area contributed by atoms with E-state index in [1.807, 2.05) is 0 Å². The first kappa shape index (κ1) is 12.2. The molecule has 0 saturated carbocycles. The SMILES string of the molecule is NNC(CC1=CCCCC1)c1ccncc1F. The monoisotopic (exact) mass is 235 g/mol. The molecule has 1 aromatic heterocycles. The van der Waals surface area contributed by atoms with Crippen molar-refractivity contribution in [2.24, 2.45) is 5.84 Å². The summed E-state index contributed by atoms with van der Waals surface area (Å²) in [5, 5.41) is 0. The molecule has 0 bridgehead atoms. The highest BCUT2D eigenvalue weighted by Gasteiger charge is 2.16. The minimum absolute atomic E-state index is 0.164. The van der Waals surface area contributed by atoms with Crippen molar-refractivity contribution in [3.63, 3.8) is 0 Å². The standard InChI is InChI=1S/C13H18FN3/c14-12-9-16-7-6-11(12)13(17-15)8-10-4-2-1-3-5-10/h4,6-7,9,13,17H,1-3,5,8,15H2. The van der Waals surface area contributed by atoms with E-state index in [4.69, 9.17) is 5.84 Å². The maximum atomic E-state index is 13.6. The molecule has 92 valence electrons.